The van der Waals surface area contributed by atoms with Gasteiger partial charge in [-0.3, -0.25) is 0 Å². The van der Waals surface area contributed by atoms with Gasteiger partial charge in [-0.15, -0.1) is 0 Å². The molecule has 2 aliphatic heterocycles. The van der Waals surface area contributed by atoms with Gasteiger partial charge in [0, 0.05) is 27.9 Å². The Balaban J connectivity index is 1.83. The number of aromatic hydroxyl groups is 1. The summed E-state index contributed by atoms with van der Waals surface area (Å²) in [5.74, 6) is -0.779. The van der Waals surface area contributed by atoms with Crippen molar-refractivity contribution in [1.29, 1.82) is 0 Å². The average Bonchev–Trinajstić information content (AvgIpc) is 2.78. The van der Waals surface area contributed by atoms with Crippen LogP contribution in [0.2, 0.25) is 0 Å². The van der Waals surface area contributed by atoms with E-state index in [4.69, 9.17) is 9.47 Å². The van der Waals surface area contributed by atoms with Crippen LogP contribution in [0.3, 0.4) is 0 Å². The number of alkyl halides is 3. The van der Waals surface area contributed by atoms with Gasteiger partial charge in [0.15, 0.2) is 11.5 Å². The van der Waals surface area contributed by atoms with Crippen LogP contribution in [0.1, 0.15) is 43.0 Å². The van der Waals surface area contributed by atoms with E-state index in [0.717, 1.165) is 22.9 Å². The molecule has 0 amide bonds. The molecule has 2 N–H and O–H groups in total. The fourth-order valence-corrected chi connectivity index (χ4v) is 4.97. The number of hydrogen-bond donors (Lipinski definition) is 2. The van der Waals surface area contributed by atoms with Crippen molar-refractivity contribution in [3.63, 3.8) is 0 Å². The molecule has 0 fully saturated rings. The van der Waals surface area contributed by atoms with Crippen molar-refractivity contribution in [2.45, 2.75) is 32.5 Å². The summed E-state index contributed by atoms with van der Waals surface area (Å²) in [4.78, 5) is 0. The lowest BCUT2D eigenvalue weighted by Gasteiger charge is -2.35. The van der Waals surface area contributed by atoms with E-state index in [1.807, 2.05) is 39.0 Å². The van der Waals surface area contributed by atoms with E-state index in [2.05, 4.69) is 5.32 Å². The van der Waals surface area contributed by atoms with Gasteiger partial charge < -0.3 is 19.9 Å². The quantitative estimate of drug-likeness (QED) is 0.356. The van der Waals surface area contributed by atoms with Crippen LogP contribution in [-0.4, -0.2) is 17.8 Å². The second kappa shape index (κ2) is 8.05. The molecule has 0 saturated carbocycles. The monoisotopic (exact) mass is 497 g/mol. The number of phenolic OH excluding ortho intramolecular Hbond substituents is 1. The number of allylic oxidation sites excluding steroid dienone is 1. The number of nitrogens with one attached hydrogen (secondary N) is 1. The molecule has 0 radical (unpaired) electrons. The van der Waals surface area contributed by atoms with E-state index in [1.165, 1.54) is 31.4 Å². The third kappa shape index (κ3) is 3.77. The molecule has 0 spiro atoms. The largest absolute Gasteiger partial charge is 0.504 e. The summed E-state index contributed by atoms with van der Waals surface area (Å²) in [7, 11) is 1.42. The summed E-state index contributed by atoms with van der Waals surface area (Å²) in [6.07, 6.45) is -1.53. The van der Waals surface area contributed by atoms with Gasteiger partial charge in [-0.2, -0.15) is 13.2 Å². The molecular formula is C28H23F4NO3. The van der Waals surface area contributed by atoms with Gasteiger partial charge in [0.1, 0.15) is 17.3 Å². The number of anilines is 1. The van der Waals surface area contributed by atoms with Crippen LogP contribution in [0.25, 0.3) is 28.5 Å². The topological polar surface area (TPSA) is 50.7 Å². The molecule has 0 unspecified atom stereocenters. The zero-order valence-corrected chi connectivity index (χ0v) is 20.0. The maximum atomic E-state index is 15.0. The third-order valence-corrected chi connectivity index (χ3v) is 6.29. The van der Waals surface area contributed by atoms with Crippen molar-refractivity contribution in [3.8, 4) is 28.4 Å². The smallest absolute Gasteiger partial charge is 0.419 e. The van der Waals surface area contributed by atoms with Gasteiger partial charge in [0.05, 0.1) is 23.8 Å². The highest BCUT2D eigenvalue weighted by Gasteiger charge is 2.36. The van der Waals surface area contributed by atoms with E-state index >= 15 is 0 Å². The SMILES string of the molecule is COc1c(O)ccc2c1-c1ccc3c(c1C(=Cc1cccc(C(F)(F)F)c1F)O2)C(C)=CC(C)(C)N3. The lowest BCUT2D eigenvalue weighted by atomic mass is 9.82. The van der Waals surface area contributed by atoms with E-state index in [0.29, 0.717) is 28.5 Å². The Morgan fingerprint density at radius 3 is 2.47 bits per heavy atom. The van der Waals surface area contributed by atoms with Gasteiger partial charge in [0.2, 0.25) is 0 Å². The molecule has 8 heteroatoms. The summed E-state index contributed by atoms with van der Waals surface area (Å²) in [5.41, 5.74) is 2.20. The van der Waals surface area contributed by atoms with Crippen molar-refractivity contribution in [2.24, 2.45) is 0 Å². The fraction of sp³-hybridized carbons (Fsp3) is 0.214. The summed E-state index contributed by atoms with van der Waals surface area (Å²) in [6.45, 7) is 5.96. The van der Waals surface area contributed by atoms with Gasteiger partial charge in [-0.25, -0.2) is 4.39 Å². The van der Waals surface area contributed by atoms with E-state index in [1.54, 1.807) is 0 Å². The summed E-state index contributed by atoms with van der Waals surface area (Å²) >= 11 is 0. The summed E-state index contributed by atoms with van der Waals surface area (Å²) in [5, 5.41) is 13.9. The minimum atomic E-state index is -4.84. The first-order chi connectivity index (χ1) is 16.9. The second-order valence-corrected chi connectivity index (χ2v) is 9.39. The first-order valence-corrected chi connectivity index (χ1v) is 11.2. The van der Waals surface area contributed by atoms with Gasteiger partial charge >= 0.3 is 6.18 Å². The Hall–Kier alpha value is -3.94. The summed E-state index contributed by atoms with van der Waals surface area (Å²) < 4.78 is 66.7. The van der Waals surface area contributed by atoms with Crippen LogP contribution in [0.15, 0.2) is 48.5 Å². The lowest BCUT2D eigenvalue weighted by Crippen LogP contribution is -2.32. The minimum absolute atomic E-state index is 0.0913. The molecule has 5 rings (SSSR count). The van der Waals surface area contributed by atoms with Crippen molar-refractivity contribution in [2.75, 3.05) is 12.4 Å². The number of ether oxygens (including phenoxy) is 2. The number of hydrogen-bond acceptors (Lipinski definition) is 4. The van der Waals surface area contributed by atoms with Crippen LogP contribution in [0.4, 0.5) is 23.2 Å². The normalized spacial score (nSPS) is 16.8. The zero-order valence-electron chi connectivity index (χ0n) is 20.0. The second-order valence-electron chi connectivity index (χ2n) is 9.39. The standard InChI is InChI=1S/C28H23F4NO3/c1-14-13-27(2,3)33-18-9-8-16-23(22(14)18)21(36-20-11-10-19(34)26(35-4)24(16)20)12-15-6-5-7-17(25(15)29)28(30,31)32/h5-13,33-34H,1-4H3. The fourth-order valence-electron chi connectivity index (χ4n) is 4.97. The number of benzene rings is 3. The minimum Gasteiger partial charge on any atom is -0.504 e. The molecule has 186 valence electrons. The van der Waals surface area contributed by atoms with E-state index in [-0.39, 0.29) is 28.4 Å². The number of rotatable bonds is 2. The highest BCUT2D eigenvalue weighted by Crippen LogP contribution is 2.54. The molecule has 3 aromatic rings. The summed E-state index contributed by atoms with van der Waals surface area (Å²) in [6, 6.07) is 9.80. The molecule has 3 aromatic carbocycles. The van der Waals surface area contributed by atoms with Crippen molar-refractivity contribution in [1.82, 2.24) is 0 Å². The lowest BCUT2D eigenvalue weighted by molar-refractivity contribution is -0.140. The number of fused-ring (bicyclic) bond motifs is 5. The molecule has 2 heterocycles. The van der Waals surface area contributed by atoms with Gasteiger partial charge in [-0.05, 0) is 56.7 Å². The Bertz CT molecular complexity index is 1470. The van der Waals surface area contributed by atoms with Gasteiger partial charge in [0.25, 0.3) is 0 Å². The van der Waals surface area contributed by atoms with E-state index in [9.17, 15) is 22.7 Å². The average molecular weight is 497 g/mol. The van der Waals surface area contributed by atoms with Crippen molar-refractivity contribution in [3.05, 3.63) is 76.6 Å². The van der Waals surface area contributed by atoms with Crippen LogP contribution in [-0.2, 0) is 6.18 Å². The molecule has 4 nitrogen and oxygen atoms in total. The third-order valence-electron chi connectivity index (χ3n) is 6.29. The molecule has 0 atom stereocenters. The maximum absolute atomic E-state index is 15.0. The van der Waals surface area contributed by atoms with Crippen LogP contribution in [0, 0.1) is 5.82 Å². The number of methoxy groups -OCH3 is 1. The molecule has 36 heavy (non-hydrogen) atoms. The Labute approximate surface area is 205 Å². The molecule has 0 aromatic heterocycles. The zero-order chi connectivity index (χ0) is 26.0. The van der Waals surface area contributed by atoms with Crippen molar-refractivity contribution >= 4 is 23.1 Å². The first-order valence-electron chi connectivity index (χ1n) is 11.2. The van der Waals surface area contributed by atoms with Crippen LogP contribution < -0.4 is 14.8 Å². The predicted molar refractivity (Wildman–Crippen MR) is 131 cm³/mol. The Morgan fingerprint density at radius 2 is 1.78 bits per heavy atom. The Morgan fingerprint density at radius 1 is 1.03 bits per heavy atom. The number of halogens is 4. The van der Waals surface area contributed by atoms with E-state index < -0.39 is 17.6 Å². The van der Waals surface area contributed by atoms with Gasteiger partial charge in [-0.1, -0.05) is 24.3 Å². The first kappa shape index (κ1) is 23.8. The maximum Gasteiger partial charge on any atom is 0.419 e. The van der Waals surface area contributed by atoms with Crippen LogP contribution in [0.5, 0.6) is 17.2 Å². The number of phenols is 1. The predicted octanol–water partition coefficient (Wildman–Crippen LogP) is 7.72. The van der Waals surface area contributed by atoms with Crippen molar-refractivity contribution < 1.29 is 32.1 Å². The molecule has 0 aliphatic carbocycles. The highest BCUT2D eigenvalue weighted by atomic mass is 19.4. The van der Waals surface area contributed by atoms with Crippen LogP contribution >= 0.6 is 0 Å². The molecule has 2 aliphatic rings. The molecule has 0 saturated heterocycles. The highest BCUT2D eigenvalue weighted by molar-refractivity contribution is 6.02. The molecular weight excluding hydrogens is 474 g/mol. The Kier molecular flexibility index (Phi) is 5.32. The molecule has 0 bridgehead atoms.